The van der Waals surface area contributed by atoms with Gasteiger partial charge in [-0.05, 0) is 25.7 Å². The molecule has 0 radical (unpaired) electrons. The molecule has 31 heavy (non-hydrogen) atoms. The van der Waals surface area contributed by atoms with Crippen LogP contribution in [-0.4, -0.2) is 86.7 Å². The Bertz CT molecular complexity index is 698. The summed E-state index contributed by atoms with van der Waals surface area (Å²) in [5, 5.41) is 32.9. The maximum absolute atomic E-state index is 12.8. The maximum Gasteiger partial charge on any atom is 0.326 e. The summed E-state index contributed by atoms with van der Waals surface area (Å²) in [6.07, 6.45) is -0.691. The van der Waals surface area contributed by atoms with Crippen LogP contribution in [0.2, 0.25) is 0 Å². The number of carboxylic acid groups (broad SMARTS) is 2. The minimum atomic E-state index is -1.44. The van der Waals surface area contributed by atoms with Gasteiger partial charge in [0.1, 0.15) is 18.1 Å². The van der Waals surface area contributed by atoms with Crippen molar-refractivity contribution in [3.63, 3.8) is 0 Å². The predicted molar refractivity (Wildman–Crippen MR) is 108 cm³/mol. The van der Waals surface area contributed by atoms with E-state index in [1.807, 2.05) is 0 Å². The van der Waals surface area contributed by atoms with E-state index in [4.69, 9.17) is 10.8 Å². The summed E-state index contributed by atoms with van der Waals surface area (Å²) in [7, 11) is 0. The van der Waals surface area contributed by atoms with Crippen LogP contribution in [-0.2, 0) is 24.0 Å². The molecular weight excluding hydrogens is 412 g/mol. The zero-order valence-electron chi connectivity index (χ0n) is 17.9. The third-order valence-electron chi connectivity index (χ3n) is 5.39. The Morgan fingerprint density at radius 2 is 1.71 bits per heavy atom. The number of likely N-dealkylation sites (tertiary alicyclic amines) is 1. The molecule has 1 heterocycles. The van der Waals surface area contributed by atoms with Crippen molar-refractivity contribution < 1.29 is 39.3 Å². The first kappa shape index (κ1) is 26.3. The minimum Gasteiger partial charge on any atom is -0.481 e. The van der Waals surface area contributed by atoms with E-state index in [0.29, 0.717) is 12.8 Å². The summed E-state index contributed by atoms with van der Waals surface area (Å²) in [5.74, 6) is -5.15. The van der Waals surface area contributed by atoms with Crippen molar-refractivity contribution >= 4 is 29.7 Å². The molecule has 176 valence electrons. The molecule has 12 nitrogen and oxygen atoms in total. The average Bonchev–Trinajstić information content (AvgIpc) is 3.17. The summed E-state index contributed by atoms with van der Waals surface area (Å²) in [5.41, 5.74) is 5.62. The summed E-state index contributed by atoms with van der Waals surface area (Å²) >= 11 is 0. The SMILES string of the molecule is CCC(C)C(NC(=O)C(NC(=O)C1CCCN1C(=O)C(N)CC(=O)O)C(C)O)C(=O)O. The molecule has 1 aliphatic heterocycles. The van der Waals surface area contributed by atoms with Crippen molar-refractivity contribution in [2.75, 3.05) is 6.54 Å². The Morgan fingerprint density at radius 3 is 2.19 bits per heavy atom. The fraction of sp³-hybridized carbons (Fsp3) is 0.737. The summed E-state index contributed by atoms with van der Waals surface area (Å²) in [6, 6.07) is -4.93. The molecule has 0 bridgehead atoms. The van der Waals surface area contributed by atoms with E-state index >= 15 is 0 Å². The zero-order chi connectivity index (χ0) is 23.9. The summed E-state index contributed by atoms with van der Waals surface area (Å²) in [6.45, 7) is 4.88. The molecule has 3 amide bonds. The third-order valence-corrected chi connectivity index (χ3v) is 5.39. The van der Waals surface area contributed by atoms with Crippen molar-refractivity contribution in [2.45, 2.75) is 76.7 Å². The van der Waals surface area contributed by atoms with Gasteiger partial charge in [0.2, 0.25) is 17.7 Å². The second-order valence-corrected chi connectivity index (χ2v) is 7.83. The van der Waals surface area contributed by atoms with Crippen LogP contribution in [0, 0.1) is 5.92 Å². The number of carboxylic acids is 2. The number of aliphatic carboxylic acids is 2. The molecule has 12 heteroatoms. The molecule has 6 unspecified atom stereocenters. The van der Waals surface area contributed by atoms with Gasteiger partial charge in [0, 0.05) is 6.54 Å². The average molecular weight is 444 g/mol. The molecule has 0 aliphatic carbocycles. The minimum absolute atomic E-state index is 0.199. The Balaban J connectivity index is 2.91. The second-order valence-electron chi connectivity index (χ2n) is 7.83. The molecule has 6 atom stereocenters. The number of aliphatic hydroxyl groups excluding tert-OH is 1. The summed E-state index contributed by atoms with van der Waals surface area (Å²) < 4.78 is 0. The Labute approximate surface area is 180 Å². The van der Waals surface area contributed by atoms with E-state index in [1.165, 1.54) is 11.8 Å². The van der Waals surface area contributed by atoms with Gasteiger partial charge >= 0.3 is 11.9 Å². The van der Waals surface area contributed by atoms with Crippen molar-refractivity contribution in [1.82, 2.24) is 15.5 Å². The molecule has 0 aromatic rings. The molecular formula is C19H32N4O8. The predicted octanol–water partition coefficient (Wildman–Crippen LogP) is -1.74. The number of nitrogens with zero attached hydrogens (tertiary/aromatic N) is 1. The number of aliphatic hydroxyl groups is 1. The highest BCUT2D eigenvalue weighted by molar-refractivity contribution is 5.95. The highest BCUT2D eigenvalue weighted by atomic mass is 16.4. The van der Waals surface area contributed by atoms with Gasteiger partial charge in [0.15, 0.2) is 0 Å². The van der Waals surface area contributed by atoms with Gasteiger partial charge in [-0.25, -0.2) is 4.79 Å². The molecule has 1 fully saturated rings. The van der Waals surface area contributed by atoms with E-state index < -0.39 is 66.4 Å². The van der Waals surface area contributed by atoms with Crippen LogP contribution in [0.25, 0.3) is 0 Å². The lowest BCUT2D eigenvalue weighted by atomic mass is 9.98. The van der Waals surface area contributed by atoms with Crippen LogP contribution in [0.3, 0.4) is 0 Å². The van der Waals surface area contributed by atoms with Crippen molar-refractivity contribution in [3.8, 4) is 0 Å². The Hall–Kier alpha value is -2.73. The Kier molecular flexibility index (Phi) is 9.85. The van der Waals surface area contributed by atoms with Crippen molar-refractivity contribution in [3.05, 3.63) is 0 Å². The fourth-order valence-corrected chi connectivity index (χ4v) is 3.37. The first-order valence-corrected chi connectivity index (χ1v) is 10.2. The first-order chi connectivity index (χ1) is 14.4. The summed E-state index contributed by atoms with van der Waals surface area (Å²) in [4.78, 5) is 61.2. The molecule has 7 N–H and O–H groups in total. The number of nitrogens with one attached hydrogen (secondary N) is 2. The van der Waals surface area contributed by atoms with Gasteiger partial charge < -0.3 is 36.6 Å². The zero-order valence-corrected chi connectivity index (χ0v) is 17.9. The fourth-order valence-electron chi connectivity index (χ4n) is 3.37. The number of rotatable bonds is 11. The number of hydrogen-bond acceptors (Lipinski definition) is 7. The molecule has 0 spiro atoms. The number of carbonyl (C=O) groups is 5. The van der Waals surface area contributed by atoms with Crippen LogP contribution < -0.4 is 16.4 Å². The van der Waals surface area contributed by atoms with Crippen LogP contribution in [0.15, 0.2) is 0 Å². The lowest BCUT2D eigenvalue weighted by molar-refractivity contribution is -0.145. The van der Waals surface area contributed by atoms with E-state index in [1.54, 1.807) is 13.8 Å². The molecule has 1 rings (SSSR count). The van der Waals surface area contributed by atoms with E-state index in [0.717, 1.165) is 0 Å². The number of nitrogens with two attached hydrogens (primary N) is 1. The quantitative estimate of drug-likeness (QED) is 0.214. The number of hydrogen-bond donors (Lipinski definition) is 6. The van der Waals surface area contributed by atoms with Gasteiger partial charge in [-0.1, -0.05) is 20.3 Å². The van der Waals surface area contributed by atoms with Gasteiger partial charge in [0.05, 0.1) is 18.6 Å². The lowest BCUT2D eigenvalue weighted by Crippen LogP contribution is -2.60. The highest BCUT2D eigenvalue weighted by Crippen LogP contribution is 2.19. The molecule has 0 saturated carbocycles. The van der Waals surface area contributed by atoms with Gasteiger partial charge in [-0.3, -0.25) is 19.2 Å². The van der Waals surface area contributed by atoms with E-state index in [-0.39, 0.29) is 18.9 Å². The largest absolute Gasteiger partial charge is 0.481 e. The monoisotopic (exact) mass is 444 g/mol. The number of carbonyl (C=O) groups excluding carboxylic acids is 3. The van der Waals surface area contributed by atoms with Crippen LogP contribution in [0.5, 0.6) is 0 Å². The van der Waals surface area contributed by atoms with Crippen molar-refractivity contribution in [1.29, 1.82) is 0 Å². The standard InChI is InChI=1S/C19H32N4O8/c1-4-9(2)14(19(30)31)21-17(28)15(10(3)24)22-16(27)12-6-5-7-23(12)18(29)11(20)8-13(25)26/h9-12,14-15,24H,4-8,20H2,1-3H3,(H,21,28)(H,22,27)(H,25,26)(H,30,31). The third kappa shape index (κ3) is 7.17. The van der Waals surface area contributed by atoms with Gasteiger partial charge in [0.25, 0.3) is 0 Å². The molecule has 1 aliphatic rings. The Morgan fingerprint density at radius 1 is 1.10 bits per heavy atom. The number of amides is 3. The normalized spacial score (nSPS) is 20.8. The topological polar surface area (TPSA) is 199 Å². The highest BCUT2D eigenvalue weighted by Gasteiger charge is 2.39. The lowest BCUT2D eigenvalue weighted by Gasteiger charge is -2.29. The molecule has 0 aromatic heterocycles. The van der Waals surface area contributed by atoms with Crippen molar-refractivity contribution in [2.24, 2.45) is 11.7 Å². The first-order valence-electron chi connectivity index (χ1n) is 10.2. The second kappa shape index (κ2) is 11.6. The van der Waals surface area contributed by atoms with E-state index in [2.05, 4.69) is 10.6 Å². The molecule has 0 aromatic carbocycles. The van der Waals surface area contributed by atoms with Crippen LogP contribution in [0.1, 0.15) is 46.5 Å². The van der Waals surface area contributed by atoms with Gasteiger partial charge in [-0.2, -0.15) is 0 Å². The van der Waals surface area contributed by atoms with Crippen LogP contribution >= 0.6 is 0 Å². The van der Waals surface area contributed by atoms with Crippen LogP contribution in [0.4, 0.5) is 0 Å². The maximum atomic E-state index is 12.8. The smallest absolute Gasteiger partial charge is 0.326 e. The molecule has 1 saturated heterocycles. The van der Waals surface area contributed by atoms with Gasteiger partial charge in [-0.15, -0.1) is 0 Å². The van der Waals surface area contributed by atoms with E-state index in [9.17, 15) is 34.2 Å².